The molecule has 0 atom stereocenters. The number of methoxy groups -OCH3 is 1. The molecule has 0 radical (unpaired) electrons. The minimum Gasteiger partial charge on any atom is -0.494 e. The summed E-state index contributed by atoms with van der Waals surface area (Å²) < 4.78 is 31.7. The van der Waals surface area contributed by atoms with Gasteiger partial charge in [0, 0.05) is 11.6 Å². The number of nitrogens with one attached hydrogen (secondary N) is 1. The zero-order valence-electron chi connectivity index (χ0n) is 10.8. The maximum absolute atomic E-state index is 13.3. The standard InChI is InChI=1S/C15H12F2N2O/c1-20-14-7-11(17)4-5-13(14)19-8-9-2-3-10(16)6-12(9)15(19)18/h2-7,18H,8H2,1H3. The highest BCUT2D eigenvalue weighted by Gasteiger charge is 2.27. The van der Waals surface area contributed by atoms with Crippen molar-refractivity contribution in [3.63, 3.8) is 0 Å². The molecule has 3 nitrogen and oxygen atoms in total. The van der Waals surface area contributed by atoms with Crippen molar-refractivity contribution in [2.24, 2.45) is 0 Å². The highest BCUT2D eigenvalue weighted by atomic mass is 19.1. The molecule has 20 heavy (non-hydrogen) atoms. The van der Waals surface area contributed by atoms with Gasteiger partial charge in [0.05, 0.1) is 19.3 Å². The lowest BCUT2D eigenvalue weighted by Crippen LogP contribution is -2.23. The number of hydrogen-bond donors (Lipinski definition) is 1. The lowest BCUT2D eigenvalue weighted by Gasteiger charge is -2.20. The molecule has 1 N–H and O–H groups in total. The minimum atomic E-state index is -0.403. The van der Waals surface area contributed by atoms with Crippen LogP contribution < -0.4 is 9.64 Å². The van der Waals surface area contributed by atoms with Crippen molar-refractivity contribution in [3.05, 3.63) is 59.2 Å². The van der Waals surface area contributed by atoms with Crippen molar-refractivity contribution in [1.82, 2.24) is 0 Å². The van der Waals surface area contributed by atoms with Gasteiger partial charge in [-0.1, -0.05) is 6.07 Å². The van der Waals surface area contributed by atoms with Crippen molar-refractivity contribution in [3.8, 4) is 5.75 Å². The molecule has 1 heterocycles. The van der Waals surface area contributed by atoms with Gasteiger partial charge in [-0.3, -0.25) is 5.41 Å². The predicted octanol–water partition coefficient (Wildman–Crippen LogP) is 3.32. The number of fused-ring (bicyclic) bond motifs is 1. The molecule has 0 bridgehead atoms. The van der Waals surface area contributed by atoms with E-state index in [0.29, 0.717) is 23.5 Å². The lowest BCUT2D eigenvalue weighted by molar-refractivity contribution is 0.412. The average Bonchev–Trinajstić information content (AvgIpc) is 2.76. The molecule has 5 heteroatoms. The summed E-state index contributed by atoms with van der Waals surface area (Å²) in [7, 11) is 1.45. The Labute approximate surface area is 114 Å². The van der Waals surface area contributed by atoms with Crippen molar-refractivity contribution < 1.29 is 13.5 Å². The SMILES string of the molecule is COc1cc(F)ccc1N1Cc2ccc(F)cc2C1=N. The maximum atomic E-state index is 13.3. The van der Waals surface area contributed by atoms with E-state index in [4.69, 9.17) is 10.1 Å². The molecule has 2 aromatic rings. The smallest absolute Gasteiger partial charge is 0.145 e. The van der Waals surface area contributed by atoms with Gasteiger partial charge in [-0.15, -0.1) is 0 Å². The molecule has 0 unspecified atom stereocenters. The Bertz CT molecular complexity index is 700. The first-order valence-electron chi connectivity index (χ1n) is 6.08. The Balaban J connectivity index is 2.04. The molecule has 0 spiro atoms. The van der Waals surface area contributed by atoms with Crippen LogP contribution >= 0.6 is 0 Å². The third kappa shape index (κ3) is 1.91. The second-order valence-electron chi connectivity index (χ2n) is 4.55. The number of amidine groups is 1. The van der Waals surface area contributed by atoms with Crippen molar-refractivity contribution in [2.45, 2.75) is 6.54 Å². The zero-order valence-corrected chi connectivity index (χ0v) is 10.8. The summed E-state index contributed by atoms with van der Waals surface area (Å²) in [6, 6.07) is 8.52. The van der Waals surface area contributed by atoms with Crippen LogP contribution in [0.4, 0.5) is 14.5 Å². The first kappa shape index (κ1) is 12.6. The zero-order chi connectivity index (χ0) is 14.3. The monoisotopic (exact) mass is 274 g/mol. The molecule has 0 fully saturated rings. The Hall–Kier alpha value is -2.43. The minimum absolute atomic E-state index is 0.185. The van der Waals surface area contributed by atoms with Gasteiger partial charge in [-0.2, -0.15) is 0 Å². The number of ether oxygens (including phenoxy) is 1. The lowest BCUT2D eigenvalue weighted by atomic mass is 10.1. The molecule has 0 amide bonds. The van der Waals surface area contributed by atoms with Gasteiger partial charge in [0.1, 0.15) is 23.2 Å². The number of halogens is 2. The van der Waals surface area contributed by atoms with Crippen molar-refractivity contribution in [2.75, 3.05) is 12.0 Å². The number of nitrogens with zero attached hydrogens (tertiary/aromatic N) is 1. The fourth-order valence-corrected chi connectivity index (χ4v) is 2.38. The van der Waals surface area contributed by atoms with E-state index in [9.17, 15) is 8.78 Å². The van der Waals surface area contributed by atoms with E-state index in [1.807, 2.05) is 0 Å². The molecule has 0 aliphatic carbocycles. The number of rotatable bonds is 2. The summed E-state index contributed by atoms with van der Waals surface area (Å²) in [6.07, 6.45) is 0. The molecule has 0 saturated carbocycles. The van der Waals surface area contributed by atoms with Crippen LogP contribution in [0.3, 0.4) is 0 Å². The highest BCUT2D eigenvalue weighted by molar-refractivity contribution is 6.12. The summed E-state index contributed by atoms with van der Waals surface area (Å²) in [4.78, 5) is 1.67. The summed E-state index contributed by atoms with van der Waals surface area (Å²) in [5.41, 5.74) is 2.01. The van der Waals surface area contributed by atoms with Crippen LogP contribution in [0.25, 0.3) is 0 Å². The van der Waals surface area contributed by atoms with E-state index in [1.54, 1.807) is 17.0 Å². The molecule has 102 valence electrons. The van der Waals surface area contributed by atoms with E-state index in [1.165, 1.54) is 31.4 Å². The van der Waals surface area contributed by atoms with Gasteiger partial charge < -0.3 is 9.64 Å². The third-order valence-electron chi connectivity index (χ3n) is 3.36. The van der Waals surface area contributed by atoms with Crippen LogP contribution in [0.5, 0.6) is 5.75 Å². The normalized spacial score (nSPS) is 13.6. The van der Waals surface area contributed by atoms with E-state index < -0.39 is 5.82 Å². The van der Waals surface area contributed by atoms with E-state index >= 15 is 0 Å². The van der Waals surface area contributed by atoms with Crippen molar-refractivity contribution >= 4 is 11.5 Å². The average molecular weight is 274 g/mol. The topological polar surface area (TPSA) is 36.3 Å². The highest BCUT2D eigenvalue weighted by Crippen LogP contribution is 2.35. The third-order valence-corrected chi connectivity index (χ3v) is 3.36. The fraction of sp³-hybridized carbons (Fsp3) is 0.133. The van der Waals surface area contributed by atoms with E-state index in [0.717, 1.165) is 5.56 Å². The van der Waals surface area contributed by atoms with Gasteiger partial charge in [-0.25, -0.2) is 8.78 Å². The van der Waals surface area contributed by atoms with Gasteiger partial charge in [0.2, 0.25) is 0 Å². The summed E-state index contributed by atoms with van der Waals surface area (Å²) in [5.74, 6) is -0.242. The van der Waals surface area contributed by atoms with Gasteiger partial charge in [0.15, 0.2) is 0 Å². The van der Waals surface area contributed by atoms with Gasteiger partial charge in [0.25, 0.3) is 0 Å². The number of anilines is 1. The predicted molar refractivity (Wildman–Crippen MR) is 72.4 cm³/mol. The Morgan fingerprint density at radius 1 is 1.10 bits per heavy atom. The first-order valence-corrected chi connectivity index (χ1v) is 6.08. The molecule has 0 aromatic heterocycles. The van der Waals surface area contributed by atoms with E-state index in [-0.39, 0.29) is 11.7 Å². The summed E-state index contributed by atoms with van der Waals surface area (Å²) in [6.45, 7) is 0.441. The molecule has 2 aromatic carbocycles. The number of hydrogen-bond acceptors (Lipinski definition) is 2. The molecular weight excluding hydrogens is 262 g/mol. The largest absolute Gasteiger partial charge is 0.494 e. The Morgan fingerprint density at radius 3 is 2.55 bits per heavy atom. The van der Waals surface area contributed by atoms with Crippen LogP contribution in [-0.2, 0) is 6.54 Å². The number of benzene rings is 2. The Morgan fingerprint density at radius 2 is 1.80 bits per heavy atom. The van der Waals surface area contributed by atoms with Crippen LogP contribution in [0.1, 0.15) is 11.1 Å². The molecule has 1 aliphatic heterocycles. The quantitative estimate of drug-likeness (QED) is 0.912. The fourth-order valence-electron chi connectivity index (χ4n) is 2.38. The molecule has 3 rings (SSSR count). The van der Waals surface area contributed by atoms with Crippen LogP contribution in [-0.4, -0.2) is 12.9 Å². The second kappa shape index (κ2) is 4.59. The van der Waals surface area contributed by atoms with Crippen LogP contribution in [0.15, 0.2) is 36.4 Å². The summed E-state index contributed by atoms with van der Waals surface area (Å²) >= 11 is 0. The van der Waals surface area contributed by atoms with E-state index in [2.05, 4.69) is 0 Å². The molecule has 0 saturated heterocycles. The molecular formula is C15H12F2N2O. The van der Waals surface area contributed by atoms with Crippen molar-refractivity contribution in [1.29, 1.82) is 5.41 Å². The maximum Gasteiger partial charge on any atom is 0.145 e. The van der Waals surface area contributed by atoms with Crippen LogP contribution in [0.2, 0.25) is 0 Å². The van der Waals surface area contributed by atoms with Gasteiger partial charge >= 0.3 is 0 Å². The first-order chi connectivity index (χ1) is 9.60. The second-order valence-corrected chi connectivity index (χ2v) is 4.55. The van der Waals surface area contributed by atoms with Gasteiger partial charge in [-0.05, 0) is 29.8 Å². The Kier molecular flexibility index (Phi) is 2.89. The van der Waals surface area contributed by atoms with Crippen LogP contribution in [0, 0.1) is 17.0 Å². The molecule has 1 aliphatic rings. The summed E-state index contributed by atoms with van der Waals surface area (Å²) in [5, 5.41) is 8.16.